The molecular formula is C11H14N2. The number of imidazole rings is 1. The maximum atomic E-state index is 4.15. The highest BCUT2D eigenvalue weighted by Crippen LogP contribution is 2.21. The summed E-state index contributed by atoms with van der Waals surface area (Å²) in [6.07, 6.45) is 5.89. The first-order valence-electron chi connectivity index (χ1n) is 4.60. The lowest BCUT2D eigenvalue weighted by atomic mass is 10.0. The van der Waals surface area contributed by atoms with Gasteiger partial charge in [-0.15, -0.1) is 0 Å². The van der Waals surface area contributed by atoms with Crippen molar-refractivity contribution in [3.05, 3.63) is 35.9 Å². The van der Waals surface area contributed by atoms with Crippen LogP contribution in [0.2, 0.25) is 0 Å². The average molecular weight is 174 g/mol. The van der Waals surface area contributed by atoms with E-state index in [2.05, 4.69) is 42.4 Å². The van der Waals surface area contributed by atoms with Crippen LogP contribution in [0.15, 0.2) is 24.8 Å². The second-order valence-corrected chi connectivity index (χ2v) is 3.81. The smallest absolute Gasteiger partial charge is 0.0992 e. The van der Waals surface area contributed by atoms with Crippen molar-refractivity contribution in [2.45, 2.75) is 26.7 Å². The predicted molar refractivity (Wildman–Crippen MR) is 54.0 cm³/mol. The summed E-state index contributed by atoms with van der Waals surface area (Å²) in [5.74, 6) is 0.555. The van der Waals surface area contributed by atoms with Crippen LogP contribution < -0.4 is 0 Å². The molecule has 13 heavy (non-hydrogen) atoms. The number of fused-ring (bicyclic) bond motifs is 1. The van der Waals surface area contributed by atoms with Crippen molar-refractivity contribution < 1.29 is 0 Å². The molecule has 0 fully saturated rings. The number of aromatic nitrogens is 2. The summed E-state index contributed by atoms with van der Waals surface area (Å²) in [5.41, 5.74) is 3.88. The van der Waals surface area contributed by atoms with Crippen molar-refractivity contribution in [1.82, 2.24) is 9.38 Å². The van der Waals surface area contributed by atoms with Crippen LogP contribution in [0.25, 0.3) is 5.52 Å². The SMILES string of the molecule is Cc1cc(C(C)C)c2cncn2c1. The quantitative estimate of drug-likeness (QED) is 0.649. The van der Waals surface area contributed by atoms with Gasteiger partial charge in [-0.2, -0.15) is 0 Å². The summed E-state index contributed by atoms with van der Waals surface area (Å²) in [7, 11) is 0. The summed E-state index contributed by atoms with van der Waals surface area (Å²) < 4.78 is 2.09. The fraction of sp³-hybridized carbons (Fsp3) is 0.364. The Morgan fingerprint density at radius 3 is 2.85 bits per heavy atom. The third kappa shape index (κ3) is 1.32. The highest BCUT2D eigenvalue weighted by molar-refractivity contribution is 5.55. The Morgan fingerprint density at radius 1 is 1.38 bits per heavy atom. The topological polar surface area (TPSA) is 17.3 Å². The van der Waals surface area contributed by atoms with Crippen molar-refractivity contribution in [2.24, 2.45) is 0 Å². The van der Waals surface area contributed by atoms with Gasteiger partial charge < -0.3 is 4.40 Å². The molecule has 2 nitrogen and oxygen atoms in total. The van der Waals surface area contributed by atoms with Gasteiger partial charge in [-0.05, 0) is 24.0 Å². The van der Waals surface area contributed by atoms with E-state index in [9.17, 15) is 0 Å². The molecule has 2 aromatic rings. The standard InChI is InChI=1S/C11H14N2/c1-8(2)10-4-9(3)6-13-7-12-5-11(10)13/h4-8H,1-3H3. The Hall–Kier alpha value is -1.31. The molecule has 0 aromatic carbocycles. The first-order chi connectivity index (χ1) is 6.18. The summed E-state index contributed by atoms with van der Waals surface area (Å²) in [6.45, 7) is 6.54. The lowest BCUT2D eigenvalue weighted by Gasteiger charge is -2.08. The van der Waals surface area contributed by atoms with Crippen LogP contribution in [-0.2, 0) is 0 Å². The Labute approximate surface area is 78.2 Å². The maximum absolute atomic E-state index is 4.15. The van der Waals surface area contributed by atoms with Gasteiger partial charge in [0, 0.05) is 6.20 Å². The summed E-state index contributed by atoms with van der Waals surface area (Å²) in [5, 5.41) is 0. The van der Waals surface area contributed by atoms with Crippen LogP contribution in [0, 0.1) is 6.92 Å². The molecule has 68 valence electrons. The number of nitrogens with zero attached hydrogens (tertiary/aromatic N) is 2. The summed E-state index contributed by atoms with van der Waals surface area (Å²) in [6, 6.07) is 2.24. The number of aryl methyl sites for hydroxylation is 1. The van der Waals surface area contributed by atoms with Crippen molar-refractivity contribution in [2.75, 3.05) is 0 Å². The number of rotatable bonds is 1. The summed E-state index contributed by atoms with van der Waals surface area (Å²) in [4.78, 5) is 4.15. The lowest BCUT2D eigenvalue weighted by Crippen LogP contribution is -1.94. The van der Waals surface area contributed by atoms with Crippen molar-refractivity contribution in [1.29, 1.82) is 0 Å². The molecule has 0 saturated carbocycles. The first kappa shape index (κ1) is 8.30. The van der Waals surface area contributed by atoms with Crippen LogP contribution in [0.3, 0.4) is 0 Å². The Morgan fingerprint density at radius 2 is 2.15 bits per heavy atom. The number of hydrogen-bond acceptors (Lipinski definition) is 1. The molecule has 0 radical (unpaired) electrons. The highest BCUT2D eigenvalue weighted by Gasteiger charge is 2.05. The molecule has 0 amide bonds. The Bertz CT molecular complexity index is 427. The third-order valence-electron chi connectivity index (χ3n) is 2.31. The average Bonchev–Trinajstić information content (AvgIpc) is 2.49. The van der Waals surface area contributed by atoms with Gasteiger partial charge in [0.25, 0.3) is 0 Å². The summed E-state index contributed by atoms with van der Waals surface area (Å²) >= 11 is 0. The van der Waals surface area contributed by atoms with Gasteiger partial charge in [0.1, 0.15) is 0 Å². The lowest BCUT2D eigenvalue weighted by molar-refractivity contribution is 0.864. The van der Waals surface area contributed by atoms with E-state index in [1.165, 1.54) is 16.6 Å². The van der Waals surface area contributed by atoms with Crippen LogP contribution in [0.4, 0.5) is 0 Å². The molecule has 2 aromatic heterocycles. The fourth-order valence-corrected chi connectivity index (χ4v) is 1.67. The Kier molecular flexibility index (Phi) is 1.83. The maximum Gasteiger partial charge on any atom is 0.0992 e. The normalized spacial score (nSPS) is 11.4. The van der Waals surface area contributed by atoms with Gasteiger partial charge in [-0.1, -0.05) is 19.9 Å². The van der Waals surface area contributed by atoms with E-state index in [1.54, 1.807) is 0 Å². The van der Waals surface area contributed by atoms with Gasteiger partial charge in [-0.25, -0.2) is 4.98 Å². The van der Waals surface area contributed by atoms with E-state index in [0.29, 0.717) is 5.92 Å². The van der Waals surface area contributed by atoms with Crippen molar-refractivity contribution in [3.8, 4) is 0 Å². The third-order valence-corrected chi connectivity index (χ3v) is 2.31. The monoisotopic (exact) mass is 174 g/mol. The van der Waals surface area contributed by atoms with Gasteiger partial charge in [0.2, 0.25) is 0 Å². The minimum absolute atomic E-state index is 0.555. The van der Waals surface area contributed by atoms with E-state index in [4.69, 9.17) is 0 Å². The van der Waals surface area contributed by atoms with Crippen molar-refractivity contribution >= 4 is 5.52 Å². The first-order valence-corrected chi connectivity index (χ1v) is 4.60. The molecule has 0 atom stereocenters. The van der Waals surface area contributed by atoms with Gasteiger partial charge >= 0.3 is 0 Å². The molecule has 2 heterocycles. The van der Waals surface area contributed by atoms with Crippen LogP contribution in [0.1, 0.15) is 30.9 Å². The largest absolute Gasteiger partial charge is 0.306 e. The molecule has 2 rings (SSSR count). The van der Waals surface area contributed by atoms with Crippen LogP contribution in [-0.4, -0.2) is 9.38 Å². The predicted octanol–water partition coefficient (Wildman–Crippen LogP) is 2.77. The second-order valence-electron chi connectivity index (χ2n) is 3.81. The van der Waals surface area contributed by atoms with E-state index in [-0.39, 0.29) is 0 Å². The number of hydrogen-bond donors (Lipinski definition) is 0. The van der Waals surface area contributed by atoms with E-state index in [1.807, 2.05) is 12.5 Å². The highest BCUT2D eigenvalue weighted by atomic mass is 15.0. The van der Waals surface area contributed by atoms with Gasteiger partial charge in [0.05, 0.1) is 18.0 Å². The number of pyridine rings is 1. The minimum Gasteiger partial charge on any atom is -0.306 e. The molecule has 0 spiro atoms. The molecule has 0 aliphatic rings. The molecule has 0 aliphatic heterocycles. The second kappa shape index (κ2) is 2.87. The minimum atomic E-state index is 0.555. The Balaban J connectivity index is 2.77. The van der Waals surface area contributed by atoms with Crippen LogP contribution >= 0.6 is 0 Å². The molecule has 0 saturated heterocycles. The molecular weight excluding hydrogens is 160 g/mol. The van der Waals surface area contributed by atoms with Crippen molar-refractivity contribution in [3.63, 3.8) is 0 Å². The van der Waals surface area contributed by atoms with E-state index in [0.717, 1.165) is 0 Å². The molecule has 0 aliphatic carbocycles. The zero-order valence-corrected chi connectivity index (χ0v) is 8.28. The van der Waals surface area contributed by atoms with Gasteiger partial charge in [0.15, 0.2) is 0 Å². The molecule has 0 bridgehead atoms. The zero-order valence-electron chi connectivity index (χ0n) is 8.28. The fourth-order valence-electron chi connectivity index (χ4n) is 1.67. The van der Waals surface area contributed by atoms with Gasteiger partial charge in [-0.3, -0.25) is 0 Å². The molecule has 2 heteroatoms. The molecule has 0 unspecified atom stereocenters. The molecule has 0 N–H and O–H groups in total. The van der Waals surface area contributed by atoms with E-state index < -0.39 is 0 Å². The van der Waals surface area contributed by atoms with Crippen LogP contribution in [0.5, 0.6) is 0 Å². The van der Waals surface area contributed by atoms with E-state index >= 15 is 0 Å². The zero-order chi connectivity index (χ0) is 9.42.